The van der Waals surface area contributed by atoms with E-state index in [9.17, 15) is 9.90 Å². The summed E-state index contributed by atoms with van der Waals surface area (Å²) in [4.78, 5) is 11.9. The molecule has 3 nitrogen and oxygen atoms in total. The summed E-state index contributed by atoms with van der Waals surface area (Å²) in [6.07, 6.45) is 11.6. The van der Waals surface area contributed by atoms with E-state index in [1.54, 1.807) is 0 Å². The van der Waals surface area contributed by atoms with Crippen molar-refractivity contribution in [1.82, 2.24) is 0 Å². The summed E-state index contributed by atoms with van der Waals surface area (Å²) in [5.41, 5.74) is -1.09. The summed E-state index contributed by atoms with van der Waals surface area (Å²) in [6, 6.07) is 9.34. The van der Waals surface area contributed by atoms with Gasteiger partial charge in [-0.2, -0.15) is 0 Å². The summed E-state index contributed by atoms with van der Waals surface area (Å²) in [5.74, 6) is -0.191. The largest absolute Gasteiger partial charge is 0.478 e. The molecule has 0 aliphatic rings. The van der Waals surface area contributed by atoms with Gasteiger partial charge in [0, 0.05) is 0 Å². The third-order valence-corrected chi connectivity index (χ3v) is 4.53. The average Bonchev–Trinajstić information content (AvgIpc) is 2.58. The maximum absolute atomic E-state index is 11.9. The van der Waals surface area contributed by atoms with Crippen LogP contribution in [0.15, 0.2) is 30.3 Å². The lowest BCUT2D eigenvalue weighted by atomic mass is 9.90. The molecule has 1 N–H and O–H groups in total. The number of carboxylic acids is 1. The molecular formula is C21H34O3. The van der Waals surface area contributed by atoms with E-state index >= 15 is 0 Å². The standard InChI is InChI=1S/C21H34O3/c1-3-5-6-7-8-9-10-14-18-21(17-4-2,20(22)23)24-19-15-12-11-13-16-19/h11-13,15-16H,3-10,14,17-18H2,1-2H3,(H,22,23)/t21-/m0/s1. The highest BCUT2D eigenvalue weighted by Crippen LogP contribution is 2.29. The van der Waals surface area contributed by atoms with E-state index < -0.39 is 11.6 Å². The number of hydrogen-bond donors (Lipinski definition) is 1. The first-order valence-corrected chi connectivity index (χ1v) is 9.62. The molecule has 136 valence electrons. The summed E-state index contributed by atoms with van der Waals surface area (Å²) in [5, 5.41) is 9.79. The fraction of sp³-hybridized carbons (Fsp3) is 0.667. The quantitative estimate of drug-likeness (QED) is 0.411. The third kappa shape index (κ3) is 7.37. The van der Waals surface area contributed by atoms with Crippen LogP contribution < -0.4 is 4.74 Å². The number of carbonyl (C=O) groups is 1. The Balaban J connectivity index is 2.49. The molecule has 1 aromatic carbocycles. The normalized spacial score (nSPS) is 13.4. The van der Waals surface area contributed by atoms with E-state index in [0.29, 0.717) is 18.6 Å². The first kappa shape index (κ1) is 20.5. The number of benzene rings is 1. The molecule has 0 bridgehead atoms. The zero-order chi connectivity index (χ0) is 17.7. The zero-order valence-corrected chi connectivity index (χ0v) is 15.4. The van der Waals surface area contributed by atoms with Gasteiger partial charge in [0.2, 0.25) is 5.60 Å². The second-order valence-corrected chi connectivity index (χ2v) is 6.69. The second kappa shape index (κ2) is 11.9. The summed E-state index contributed by atoms with van der Waals surface area (Å²) >= 11 is 0. The van der Waals surface area contributed by atoms with Gasteiger partial charge >= 0.3 is 5.97 Å². The van der Waals surface area contributed by atoms with Crippen molar-refractivity contribution in [2.24, 2.45) is 0 Å². The van der Waals surface area contributed by atoms with Crippen LogP contribution >= 0.6 is 0 Å². The van der Waals surface area contributed by atoms with Crippen LogP contribution in [-0.4, -0.2) is 16.7 Å². The van der Waals surface area contributed by atoms with Crippen LogP contribution in [0.3, 0.4) is 0 Å². The number of carboxylic acid groups (broad SMARTS) is 1. The van der Waals surface area contributed by atoms with Crippen molar-refractivity contribution in [3.8, 4) is 5.75 Å². The fourth-order valence-electron chi connectivity index (χ4n) is 3.15. The van der Waals surface area contributed by atoms with Crippen LogP contribution in [-0.2, 0) is 4.79 Å². The molecule has 0 saturated carbocycles. The monoisotopic (exact) mass is 334 g/mol. The van der Waals surface area contributed by atoms with Crippen LogP contribution in [0.1, 0.15) is 84.5 Å². The summed E-state index contributed by atoms with van der Waals surface area (Å²) < 4.78 is 5.96. The predicted octanol–water partition coefficient (Wildman–Crippen LogP) is 6.22. The number of ether oxygens (including phenoxy) is 1. The Morgan fingerprint density at radius 2 is 1.46 bits per heavy atom. The molecule has 0 aliphatic carbocycles. The average molecular weight is 334 g/mol. The third-order valence-electron chi connectivity index (χ3n) is 4.53. The molecule has 1 atom stereocenters. The molecule has 1 aromatic rings. The molecule has 0 fully saturated rings. The van der Waals surface area contributed by atoms with Gasteiger partial charge < -0.3 is 9.84 Å². The van der Waals surface area contributed by atoms with E-state index in [1.165, 1.54) is 38.5 Å². The SMILES string of the molecule is CCCCCCCCCC[C@](CCC)(Oc1ccccc1)C(=O)O. The Bertz CT molecular complexity index is 444. The first-order chi connectivity index (χ1) is 11.6. The van der Waals surface area contributed by atoms with Crippen LogP contribution in [0.25, 0.3) is 0 Å². The maximum Gasteiger partial charge on any atom is 0.348 e. The molecule has 0 amide bonds. The molecule has 1 rings (SSSR count). The van der Waals surface area contributed by atoms with Crippen LogP contribution in [0.4, 0.5) is 0 Å². The topological polar surface area (TPSA) is 46.5 Å². The second-order valence-electron chi connectivity index (χ2n) is 6.69. The molecule has 0 aliphatic heterocycles. The highest BCUT2D eigenvalue weighted by atomic mass is 16.5. The minimum Gasteiger partial charge on any atom is -0.478 e. The molecule has 3 heteroatoms. The van der Waals surface area contributed by atoms with E-state index in [2.05, 4.69) is 6.92 Å². The van der Waals surface area contributed by atoms with Crippen molar-refractivity contribution in [2.45, 2.75) is 90.1 Å². The van der Waals surface area contributed by atoms with Gasteiger partial charge in [-0.1, -0.05) is 83.4 Å². The van der Waals surface area contributed by atoms with Crippen LogP contribution in [0.5, 0.6) is 5.75 Å². The van der Waals surface area contributed by atoms with Crippen molar-refractivity contribution in [1.29, 1.82) is 0 Å². The molecular weight excluding hydrogens is 300 g/mol. The van der Waals surface area contributed by atoms with Crippen molar-refractivity contribution in [2.75, 3.05) is 0 Å². The Kier molecular flexibility index (Phi) is 10.2. The molecule has 0 heterocycles. The summed E-state index contributed by atoms with van der Waals surface area (Å²) in [7, 11) is 0. The van der Waals surface area contributed by atoms with Gasteiger partial charge in [-0.05, 0) is 31.4 Å². The predicted molar refractivity (Wildman–Crippen MR) is 99.6 cm³/mol. The van der Waals surface area contributed by atoms with E-state index in [4.69, 9.17) is 4.74 Å². The number of rotatable bonds is 14. The van der Waals surface area contributed by atoms with Gasteiger partial charge in [-0.3, -0.25) is 0 Å². The van der Waals surface area contributed by atoms with Crippen LogP contribution in [0.2, 0.25) is 0 Å². The van der Waals surface area contributed by atoms with E-state index in [-0.39, 0.29) is 0 Å². The van der Waals surface area contributed by atoms with Crippen molar-refractivity contribution >= 4 is 5.97 Å². The Labute approximate surface area is 147 Å². The lowest BCUT2D eigenvalue weighted by Gasteiger charge is -2.30. The van der Waals surface area contributed by atoms with Crippen molar-refractivity contribution in [3.63, 3.8) is 0 Å². The number of para-hydroxylation sites is 1. The molecule has 0 saturated heterocycles. The number of aliphatic carboxylic acids is 1. The molecule has 0 spiro atoms. The number of unbranched alkanes of at least 4 members (excludes halogenated alkanes) is 7. The molecule has 24 heavy (non-hydrogen) atoms. The lowest BCUT2D eigenvalue weighted by molar-refractivity contribution is -0.157. The van der Waals surface area contributed by atoms with Gasteiger partial charge in [-0.25, -0.2) is 4.79 Å². The minimum absolute atomic E-state index is 0.549. The molecule has 0 radical (unpaired) electrons. The van der Waals surface area contributed by atoms with Crippen molar-refractivity contribution < 1.29 is 14.6 Å². The van der Waals surface area contributed by atoms with Crippen molar-refractivity contribution in [3.05, 3.63) is 30.3 Å². The van der Waals surface area contributed by atoms with Crippen LogP contribution in [0, 0.1) is 0 Å². The smallest absolute Gasteiger partial charge is 0.348 e. The van der Waals surface area contributed by atoms with E-state index in [1.807, 2.05) is 37.3 Å². The Hall–Kier alpha value is -1.51. The number of hydrogen-bond acceptors (Lipinski definition) is 2. The Morgan fingerprint density at radius 1 is 0.875 bits per heavy atom. The minimum atomic E-state index is -1.09. The van der Waals surface area contributed by atoms with E-state index in [0.717, 1.165) is 19.3 Å². The van der Waals surface area contributed by atoms with Gasteiger partial charge in [0.15, 0.2) is 0 Å². The highest BCUT2D eigenvalue weighted by Gasteiger charge is 2.39. The first-order valence-electron chi connectivity index (χ1n) is 9.62. The Morgan fingerprint density at radius 3 is 2.00 bits per heavy atom. The lowest BCUT2D eigenvalue weighted by Crippen LogP contribution is -2.44. The maximum atomic E-state index is 11.9. The molecule has 0 unspecified atom stereocenters. The highest BCUT2D eigenvalue weighted by molar-refractivity contribution is 5.78. The fourth-order valence-corrected chi connectivity index (χ4v) is 3.15. The van der Waals surface area contributed by atoms with Gasteiger partial charge in [-0.15, -0.1) is 0 Å². The van der Waals surface area contributed by atoms with Gasteiger partial charge in [0.1, 0.15) is 5.75 Å². The van der Waals surface area contributed by atoms with Gasteiger partial charge in [0.05, 0.1) is 0 Å². The van der Waals surface area contributed by atoms with Gasteiger partial charge in [0.25, 0.3) is 0 Å². The molecule has 0 aromatic heterocycles. The zero-order valence-electron chi connectivity index (χ0n) is 15.4. The summed E-state index contributed by atoms with van der Waals surface area (Å²) in [6.45, 7) is 4.24.